The molecule has 2 N–H and O–H groups in total. The molecule has 2 saturated heterocycles. The van der Waals surface area contributed by atoms with Crippen molar-refractivity contribution in [3.63, 3.8) is 0 Å². The first-order chi connectivity index (χ1) is 8.61. The van der Waals surface area contributed by atoms with Gasteiger partial charge in [-0.25, -0.2) is 0 Å². The Bertz CT molecular complexity index is 251. The fourth-order valence-electron chi connectivity index (χ4n) is 3.66. The highest BCUT2D eigenvalue weighted by Gasteiger charge is 2.44. The van der Waals surface area contributed by atoms with Crippen LogP contribution >= 0.6 is 0 Å². The molecule has 0 saturated carbocycles. The second-order valence-corrected chi connectivity index (χ2v) is 6.23. The molecule has 2 rings (SSSR count). The van der Waals surface area contributed by atoms with Crippen molar-refractivity contribution < 1.29 is 0 Å². The van der Waals surface area contributed by atoms with Crippen molar-refractivity contribution in [1.29, 1.82) is 0 Å². The lowest BCUT2D eigenvalue weighted by molar-refractivity contribution is 0.0420. The summed E-state index contributed by atoms with van der Waals surface area (Å²) in [6.07, 6.45) is 2.50. The third-order valence-electron chi connectivity index (χ3n) is 4.93. The number of piperazine rings is 1. The van der Waals surface area contributed by atoms with Crippen molar-refractivity contribution in [3.8, 4) is 0 Å². The van der Waals surface area contributed by atoms with Gasteiger partial charge in [-0.1, -0.05) is 6.92 Å². The van der Waals surface area contributed by atoms with Gasteiger partial charge in [-0.2, -0.15) is 0 Å². The lowest BCUT2D eigenvalue weighted by atomic mass is 9.93. The molecule has 0 radical (unpaired) electrons. The van der Waals surface area contributed by atoms with E-state index in [4.69, 9.17) is 5.73 Å². The summed E-state index contributed by atoms with van der Waals surface area (Å²) in [7, 11) is 2.23. The molecule has 106 valence electrons. The molecule has 2 fully saturated rings. The van der Waals surface area contributed by atoms with E-state index in [9.17, 15) is 0 Å². The Hall–Kier alpha value is -0.160. The van der Waals surface area contributed by atoms with E-state index < -0.39 is 0 Å². The van der Waals surface area contributed by atoms with Crippen molar-refractivity contribution in [3.05, 3.63) is 0 Å². The summed E-state index contributed by atoms with van der Waals surface area (Å²) in [5.41, 5.74) is 6.38. The van der Waals surface area contributed by atoms with Crippen molar-refractivity contribution in [1.82, 2.24) is 14.7 Å². The molecule has 2 aliphatic rings. The summed E-state index contributed by atoms with van der Waals surface area (Å²) in [6.45, 7) is 12.6. The van der Waals surface area contributed by atoms with Gasteiger partial charge in [-0.05, 0) is 33.4 Å². The molecule has 4 nitrogen and oxygen atoms in total. The maximum Gasteiger partial charge on any atom is 0.0474 e. The maximum absolute atomic E-state index is 6.14. The van der Waals surface area contributed by atoms with Crippen molar-refractivity contribution in [2.24, 2.45) is 5.73 Å². The van der Waals surface area contributed by atoms with Gasteiger partial charge in [0.15, 0.2) is 0 Å². The molecule has 4 heteroatoms. The van der Waals surface area contributed by atoms with Crippen molar-refractivity contribution >= 4 is 0 Å². The number of rotatable bonds is 4. The Labute approximate surface area is 112 Å². The summed E-state index contributed by atoms with van der Waals surface area (Å²) in [5.74, 6) is 0. The average Bonchev–Trinajstić information content (AvgIpc) is 2.68. The minimum atomic E-state index is 0.243. The van der Waals surface area contributed by atoms with Gasteiger partial charge in [0.25, 0.3) is 0 Å². The molecular formula is C14H30N4. The monoisotopic (exact) mass is 254 g/mol. The molecule has 0 aromatic carbocycles. The number of hydrogen-bond donors (Lipinski definition) is 1. The van der Waals surface area contributed by atoms with Crippen LogP contribution in [0.1, 0.15) is 26.7 Å². The maximum atomic E-state index is 6.14. The molecule has 2 aliphatic heterocycles. The second kappa shape index (κ2) is 5.87. The fourth-order valence-corrected chi connectivity index (χ4v) is 3.66. The Kier molecular flexibility index (Phi) is 4.64. The largest absolute Gasteiger partial charge is 0.329 e. The molecule has 2 unspecified atom stereocenters. The number of hydrogen-bond acceptors (Lipinski definition) is 4. The summed E-state index contributed by atoms with van der Waals surface area (Å²) in [6, 6.07) is 0.669. The lowest BCUT2D eigenvalue weighted by Crippen LogP contribution is -2.61. The van der Waals surface area contributed by atoms with E-state index >= 15 is 0 Å². The smallest absolute Gasteiger partial charge is 0.0474 e. The Morgan fingerprint density at radius 2 is 1.89 bits per heavy atom. The molecule has 2 heterocycles. The van der Waals surface area contributed by atoms with E-state index in [1.807, 2.05) is 0 Å². The quantitative estimate of drug-likeness (QED) is 0.789. The first-order valence-electron chi connectivity index (χ1n) is 7.49. The van der Waals surface area contributed by atoms with Gasteiger partial charge < -0.3 is 15.5 Å². The zero-order chi connectivity index (χ0) is 13.2. The molecule has 0 aliphatic carbocycles. The van der Waals surface area contributed by atoms with E-state index in [2.05, 4.69) is 35.6 Å². The molecular weight excluding hydrogens is 224 g/mol. The van der Waals surface area contributed by atoms with Crippen LogP contribution in [0.4, 0.5) is 0 Å². The van der Waals surface area contributed by atoms with Crippen LogP contribution in [0.5, 0.6) is 0 Å². The number of likely N-dealkylation sites (N-methyl/N-ethyl adjacent to an activating group) is 1. The van der Waals surface area contributed by atoms with Crippen LogP contribution in [0, 0.1) is 0 Å². The molecule has 18 heavy (non-hydrogen) atoms. The number of nitrogens with two attached hydrogens (primary N) is 1. The molecule has 2 atom stereocenters. The minimum Gasteiger partial charge on any atom is -0.329 e. The minimum absolute atomic E-state index is 0.243. The van der Waals surface area contributed by atoms with Gasteiger partial charge in [-0.15, -0.1) is 0 Å². The van der Waals surface area contributed by atoms with Gasteiger partial charge in [0, 0.05) is 50.8 Å². The first kappa shape index (κ1) is 14.3. The van der Waals surface area contributed by atoms with Crippen molar-refractivity contribution in [2.45, 2.75) is 38.3 Å². The summed E-state index contributed by atoms with van der Waals surface area (Å²) in [4.78, 5) is 7.72. The SMILES string of the molecule is CCCN1CCN(C2(CN)CC(C)N(C)C2)CC1. The molecule has 0 bridgehead atoms. The topological polar surface area (TPSA) is 35.7 Å². The highest BCUT2D eigenvalue weighted by atomic mass is 15.3. The third-order valence-corrected chi connectivity index (χ3v) is 4.93. The molecule has 0 spiro atoms. The Morgan fingerprint density at radius 1 is 1.22 bits per heavy atom. The van der Waals surface area contributed by atoms with Gasteiger partial charge in [0.1, 0.15) is 0 Å². The van der Waals surface area contributed by atoms with Crippen LogP contribution in [0.25, 0.3) is 0 Å². The molecule has 0 aromatic rings. The van der Waals surface area contributed by atoms with Crippen molar-refractivity contribution in [2.75, 3.05) is 52.9 Å². The van der Waals surface area contributed by atoms with E-state index in [0.717, 1.165) is 13.1 Å². The third kappa shape index (κ3) is 2.72. The lowest BCUT2D eigenvalue weighted by Gasteiger charge is -2.45. The van der Waals surface area contributed by atoms with E-state index in [1.165, 1.54) is 45.6 Å². The average molecular weight is 254 g/mol. The van der Waals surface area contributed by atoms with Crippen LogP contribution in [0.3, 0.4) is 0 Å². The van der Waals surface area contributed by atoms with Crippen LogP contribution < -0.4 is 5.73 Å². The summed E-state index contributed by atoms with van der Waals surface area (Å²) in [5, 5.41) is 0. The van der Waals surface area contributed by atoms with Gasteiger partial charge in [-0.3, -0.25) is 4.90 Å². The van der Waals surface area contributed by atoms with Crippen LogP contribution in [-0.4, -0.2) is 79.1 Å². The first-order valence-corrected chi connectivity index (χ1v) is 7.49. The van der Waals surface area contributed by atoms with Crippen LogP contribution in [-0.2, 0) is 0 Å². The van der Waals surface area contributed by atoms with E-state index in [0.29, 0.717) is 6.04 Å². The zero-order valence-corrected chi connectivity index (χ0v) is 12.4. The normalized spacial score (nSPS) is 36.3. The van der Waals surface area contributed by atoms with Gasteiger partial charge in [0.05, 0.1) is 0 Å². The number of likely N-dealkylation sites (tertiary alicyclic amines) is 1. The van der Waals surface area contributed by atoms with Gasteiger partial charge >= 0.3 is 0 Å². The molecule has 0 amide bonds. The van der Waals surface area contributed by atoms with E-state index in [-0.39, 0.29) is 5.54 Å². The standard InChI is InChI=1S/C14H30N4/c1-4-5-17-6-8-18(9-7-17)14(11-15)10-13(2)16(3)12-14/h13H,4-12,15H2,1-3H3. The predicted molar refractivity (Wildman–Crippen MR) is 76.8 cm³/mol. The summed E-state index contributed by atoms with van der Waals surface area (Å²) < 4.78 is 0. The van der Waals surface area contributed by atoms with Crippen LogP contribution in [0.15, 0.2) is 0 Å². The summed E-state index contributed by atoms with van der Waals surface area (Å²) >= 11 is 0. The Balaban J connectivity index is 1.95. The Morgan fingerprint density at radius 3 is 2.33 bits per heavy atom. The van der Waals surface area contributed by atoms with Crippen LogP contribution in [0.2, 0.25) is 0 Å². The molecule has 0 aromatic heterocycles. The zero-order valence-electron chi connectivity index (χ0n) is 12.4. The fraction of sp³-hybridized carbons (Fsp3) is 1.00. The van der Waals surface area contributed by atoms with E-state index in [1.54, 1.807) is 0 Å². The van der Waals surface area contributed by atoms with Gasteiger partial charge in [0.2, 0.25) is 0 Å². The second-order valence-electron chi connectivity index (χ2n) is 6.23. The number of nitrogens with zero attached hydrogens (tertiary/aromatic N) is 3. The highest BCUT2D eigenvalue weighted by Crippen LogP contribution is 2.31. The predicted octanol–water partition coefficient (Wildman–Crippen LogP) is 0.436. The highest BCUT2D eigenvalue weighted by molar-refractivity contribution is 5.03.